The Labute approximate surface area is 203 Å². The van der Waals surface area contributed by atoms with Crippen LogP contribution in [-0.4, -0.2) is 38.8 Å². The van der Waals surface area contributed by atoms with Gasteiger partial charge in [-0.2, -0.15) is 0 Å². The number of halogens is 1. The number of aromatic nitrogens is 3. The number of hydrogen-bond acceptors (Lipinski definition) is 5. The maximum atomic E-state index is 12.7. The zero-order valence-electron chi connectivity index (χ0n) is 18.8. The van der Waals surface area contributed by atoms with Gasteiger partial charge in [-0.1, -0.05) is 29.8 Å². The number of nitrogens with one attached hydrogen (secondary N) is 1. The van der Waals surface area contributed by atoms with E-state index in [0.717, 1.165) is 41.5 Å². The Morgan fingerprint density at radius 2 is 2.09 bits per heavy atom. The molecule has 0 radical (unpaired) electrons. The molecule has 170 valence electrons. The van der Waals surface area contributed by atoms with Gasteiger partial charge in [-0.3, -0.25) is 4.79 Å². The second-order valence-electron chi connectivity index (χ2n) is 8.35. The van der Waals surface area contributed by atoms with Crippen LogP contribution in [0.4, 0.5) is 5.82 Å². The summed E-state index contributed by atoms with van der Waals surface area (Å²) in [5.41, 5.74) is 4.51. The van der Waals surface area contributed by atoms with E-state index in [9.17, 15) is 4.79 Å². The Bertz CT molecular complexity index is 1370. The quantitative estimate of drug-likeness (QED) is 0.392. The molecule has 1 N–H and O–H groups in total. The number of carbonyl (C=O) groups is 1. The van der Waals surface area contributed by atoms with Crippen molar-refractivity contribution in [1.29, 1.82) is 0 Å². The lowest BCUT2D eigenvalue weighted by Gasteiger charge is -2.17. The summed E-state index contributed by atoms with van der Waals surface area (Å²) in [5, 5.41) is 4.29. The van der Waals surface area contributed by atoms with Gasteiger partial charge in [-0.25, -0.2) is 15.0 Å². The minimum atomic E-state index is -0.255. The fourth-order valence-electron chi connectivity index (χ4n) is 4.50. The predicted molar refractivity (Wildman–Crippen MR) is 136 cm³/mol. The lowest BCUT2D eigenvalue weighted by molar-refractivity contribution is 0.102. The topological polar surface area (TPSA) is 71.0 Å². The van der Waals surface area contributed by atoms with Crippen molar-refractivity contribution in [3.8, 4) is 11.1 Å². The molecule has 1 aliphatic heterocycles. The monoisotopic (exact) mass is 469 g/mol. The van der Waals surface area contributed by atoms with Crippen molar-refractivity contribution in [2.45, 2.75) is 19.3 Å². The van der Waals surface area contributed by atoms with Crippen molar-refractivity contribution in [2.24, 2.45) is 0 Å². The maximum absolute atomic E-state index is 12.7. The molecule has 1 aliphatic rings. The van der Waals surface area contributed by atoms with E-state index >= 15 is 0 Å². The fraction of sp³-hybridized carbons (Fsp3) is 0.185. The number of benzene rings is 2. The Hall–Kier alpha value is -3.77. The molecule has 1 atom stereocenters. The summed E-state index contributed by atoms with van der Waals surface area (Å²) in [7, 11) is 0. The van der Waals surface area contributed by atoms with Crippen molar-refractivity contribution in [3.63, 3.8) is 0 Å². The molecular formula is C27H24ClN5O. The Morgan fingerprint density at radius 3 is 2.88 bits per heavy atom. The third-order valence-corrected chi connectivity index (χ3v) is 6.42. The summed E-state index contributed by atoms with van der Waals surface area (Å²) >= 11 is 6.69. The minimum Gasteiger partial charge on any atom is -0.377 e. The average molecular weight is 470 g/mol. The highest BCUT2D eigenvalue weighted by molar-refractivity contribution is 6.33. The summed E-state index contributed by atoms with van der Waals surface area (Å²) < 4.78 is 0. The van der Waals surface area contributed by atoms with Crippen molar-refractivity contribution in [2.75, 3.05) is 18.4 Å². The summed E-state index contributed by atoms with van der Waals surface area (Å²) in [6.45, 7) is 4.01. The standard InChI is InChI=1S/C27H24ClN5O/c1-2-10-33-11-8-19(16-33)23-13-20(12-21-15-29-17-31-26(21)23)22-7-6-18(14-24(22)28)27(34)32-25-5-3-4-9-30-25/h2-7,9-10,12-15,17,19H,8,11,16H2,1H3,(H,30,32,34). The van der Waals surface area contributed by atoms with E-state index in [-0.39, 0.29) is 5.91 Å². The SMILES string of the molecule is CC=CN1CCC(c2cc(-c3ccc(C(=O)Nc4ccccn4)cc3Cl)cc3cncnc23)C1. The molecule has 0 spiro atoms. The normalized spacial score (nSPS) is 15.8. The zero-order chi connectivity index (χ0) is 23.5. The summed E-state index contributed by atoms with van der Waals surface area (Å²) in [4.78, 5) is 28.0. The largest absolute Gasteiger partial charge is 0.377 e. The van der Waals surface area contributed by atoms with E-state index in [0.29, 0.717) is 22.3 Å². The molecule has 3 heterocycles. The van der Waals surface area contributed by atoms with E-state index in [2.05, 4.69) is 49.6 Å². The van der Waals surface area contributed by atoms with Gasteiger partial charge < -0.3 is 10.2 Å². The molecule has 0 bridgehead atoms. The van der Waals surface area contributed by atoms with Crippen LogP contribution in [0.2, 0.25) is 5.02 Å². The van der Waals surface area contributed by atoms with Crippen molar-refractivity contribution < 1.29 is 4.79 Å². The molecule has 1 fully saturated rings. The van der Waals surface area contributed by atoms with Gasteiger partial charge in [0.2, 0.25) is 0 Å². The number of allylic oxidation sites excluding steroid dienone is 1. The highest BCUT2D eigenvalue weighted by atomic mass is 35.5. The molecule has 4 aromatic rings. The van der Waals surface area contributed by atoms with E-state index in [4.69, 9.17) is 11.6 Å². The third kappa shape index (κ3) is 4.50. The van der Waals surface area contributed by atoms with E-state index in [1.54, 1.807) is 36.8 Å². The molecule has 7 heteroatoms. The van der Waals surface area contributed by atoms with Gasteiger partial charge in [-0.05, 0) is 67.1 Å². The number of hydrogen-bond donors (Lipinski definition) is 1. The first kappa shape index (κ1) is 22.0. The molecule has 1 amide bonds. The van der Waals surface area contributed by atoms with Crippen LogP contribution in [0.25, 0.3) is 22.0 Å². The number of fused-ring (bicyclic) bond motifs is 1. The van der Waals surface area contributed by atoms with Gasteiger partial charge in [0.1, 0.15) is 12.1 Å². The first-order valence-electron chi connectivity index (χ1n) is 11.2. The van der Waals surface area contributed by atoms with Crippen LogP contribution >= 0.6 is 11.6 Å². The lowest BCUT2D eigenvalue weighted by Crippen LogP contribution is -2.13. The van der Waals surface area contributed by atoms with Crippen LogP contribution in [0.3, 0.4) is 0 Å². The van der Waals surface area contributed by atoms with Gasteiger partial charge >= 0.3 is 0 Å². The number of amides is 1. The summed E-state index contributed by atoms with van der Waals surface area (Å²) in [6.07, 6.45) is 10.4. The van der Waals surface area contributed by atoms with Crippen LogP contribution in [0.5, 0.6) is 0 Å². The molecule has 5 rings (SSSR count). The molecular weight excluding hydrogens is 446 g/mol. The minimum absolute atomic E-state index is 0.255. The van der Waals surface area contributed by atoms with Gasteiger partial charge in [0.05, 0.1) is 5.52 Å². The average Bonchev–Trinajstić information content (AvgIpc) is 3.32. The van der Waals surface area contributed by atoms with Crippen LogP contribution in [0.1, 0.15) is 35.2 Å². The smallest absolute Gasteiger partial charge is 0.256 e. The Balaban J connectivity index is 1.49. The van der Waals surface area contributed by atoms with Crippen molar-refractivity contribution in [3.05, 3.63) is 95.7 Å². The molecule has 1 unspecified atom stereocenters. The molecule has 1 saturated heterocycles. The van der Waals surface area contributed by atoms with Gasteiger partial charge in [-0.15, -0.1) is 0 Å². The zero-order valence-corrected chi connectivity index (χ0v) is 19.5. The summed E-state index contributed by atoms with van der Waals surface area (Å²) in [5.74, 6) is 0.612. The van der Waals surface area contributed by atoms with Crippen LogP contribution < -0.4 is 5.32 Å². The van der Waals surface area contributed by atoms with Crippen molar-refractivity contribution in [1.82, 2.24) is 19.9 Å². The molecule has 6 nitrogen and oxygen atoms in total. The maximum Gasteiger partial charge on any atom is 0.256 e. The fourth-order valence-corrected chi connectivity index (χ4v) is 4.79. The van der Waals surface area contributed by atoms with Crippen molar-refractivity contribution >= 4 is 34.2 Å². The van der Waals surface area contributed by atoms with Crippen LogP contribution in [0.15, 0.2) is 79.5 Å². The van der Waals surface area contributed by atoms with Crippen LogP contribution in [-0.2, 0) is 0 Å². The first-order chi connectivity index (χ1) is 16.6. The van der Waals surface area contributed by atoms with Gasteiger partial charge in [0.25, 0.3) is 5.91 Å². The Morgan fingerprint density at radius 1 is 1.18 bits per heavy atom. The molecule has 2 aromatic carbocycles. The Kier molecular flexibility index (Phi) is 6.23. The first-order valence-corrected chi connectivity index (χ1v) is 11.6. The third-order valence-electron chi connectivity index (χ3n) is 6.10. The van der Waals surface area contributed by atoms with Crippen LogP contribution in [0, 0.1) is 0 Å². The highest BCUT2D eigenvalue weighted by Crippen LogP contribution is 2.37. The molecule has 34 heavy (non-hydrogen) atoms. The second kappa shape index (κ2) is 9.61. The predicted octanol–water partition coefficient (Wildman–Crippen LogP) is 5.92. The highest BCUT2D eigenvalue weighted by Gasteiger charge is 2.25. The summed E-state index contributed by atoms with van der Waals surface area (Å²) in [6, 6.07) is 15.0. The number of anilines is 1. The number of pyridine rings is 1. The molecule has 2 aromatic heterocycles. The number of likely N-dealkylation sites (tertiary alicyclic amines) is 1. The number of rotatable bonds is 5. The van der Waals surface area contributed by atoms with E-state index in [1.807, 2.05) is 25.3 Å². The number of nitrogens with zero attached hydrogens (tertiary/aromatic N) is 4. The molecule has 0 saturated carbocycles. The van der Waals surface area contributed by atoms with E-state index in [1.165, 1.54) is 5.56 Å². The lowest BCUT2D eigenvalue weighted by atomic mass is 9.91. The molecule has 0 aliphatic carbocycles. The number of carbonyl (C=O) groups excluding carboxylic acids is 1. The van der Waals surface area contributed by atoms with Gasteiger partial charge in [0.15, 0.2) is 0 Å². The second-order valence-corrected chi connectivity index (χ2v) is 8.76. The van der Waals surface area contributed by atoms with Gasteiger partial charge in [0, 0.05) is 52.9 Å². The van der Waals surface area contributed by atoms with E-state index < -0.39 is 0 Å².